The Balaban J connectivity index is 1.62. The number of anilines is 6. The fourth-order valence-electron chi connectivity index (χ4n) is 2.97. The molecule has 3 aromatic carbocycles. The van der Waals surface area contributed by atoms with E-state index in [4.69, 9.17) is 10.2 Å². The van der Waals surface area contributed by atoms with Gasteiger partial charge in [0.2, 0.25) is 17.8 Å². The molecule has 0 fully saturated rings. The number of rotatable bonds is 9. The van der Waals surface area contributed by atoms with E-state index < -0.39 is 11.9 Å². The molecule has 0 radical (unpaired) electrons. The van der Waals surface area contributed by atoms with Crippen LogP contribution in [0.3, 0.4) is 0 Å². The monoisotopic (exact) mass is 470 g/mol. The minimum absolute atomic E-state index is 0.138. The van der Waals surface area contributed by atoms with Crippen LogP contribution in [-0.2, 0) is 0 Å². The Morgan fingerprint density at radius 2 is 0.886 bits per heavy atom. The lowest BCUT2D eigenvalue weighted by atomic mass is 10.2. The Bertz CT molecular complexity index is 1300. The highest BCUT2D eigenvalue weighted by Gasteiger charge is 2.10. The van der Waals surface area contributed by atoms with E-state index in [-0.39, 0.29) is 29.0 Å². The van der Waals surface area contributed by atoms with Crippen molar-refractivity contribution in [1.29, 1.82) is 0 Å². The third kappa shape index (κ3) is 5.93. The maximum absolute atomic E-state index is 11.1. The number of carboxylic acids is 2. The SMILES string of the molecule is O=Cc1ccc(Nc2nc(Nc3ccc(C(=O)O)cc3)nc(Nc3ccc(C(=O)O)cc3)n2)cc1. The number of carbonyl (C=O) groups is 3. The second-order valence-corrected chi connectivity index (χ2v) is 7.19. The summed E-state index contributed by atoms with van der Waals surface area (Å²) in [5, 5.41) is 27.2. The molecule has 0 saturated heterocycles. The first-order chi connectivity index (χ1) is 16.9. The normalized spacial score (nSPS) is 10.3. The van der Waals surface area contributed by atoms with Crippen LogP contribution in [0.25, 0.3) is 0 Å². The summed E-state index contributed by atoms with van der Waals surface area (Å²) in [6.07, 6.45) is 0.738. The molecule has 4 rings (SSSR count). The fourth-order valence-corrected chi connectivity index (χ4v) is 2.97. The molecule has 0 aliphatic rings. The standard InChI is InChI=1S/C24H18N6O5/c31-13-14-1-7-17(8-2-14)25-22-28-23(26-18-9-3-15(4-10-18)20(32)33)30-24(29-22)27-19-11-5-16(6-12-19)21(34)35/h1-13H,(H,32,33)(H,34,35)(H3,25,26,27,28,29,30). The van der Waals surface area contributed by atoms with E-state index >= 15 is 0 Å². The number of aldehydes is 1. The summed E-state index contributed by atoms with van der Waals surface area (Å²) in [5.74, 6) is -1.55. The van der Waals surface area contributed by atoms with Gasteiger partial charge in [-0.05, 0) is 72.8 Å². The highest BCUT2D eigenvalue weighted by atomic mass is 16.4. The van der Waals surface area contributed by atoms with Crippen molar-refractivity contribution in [2.45, 2.75) is 0 Å². The van der Waals surface area contributed by atoms with Crippen molar-refractivity contribution < 1.29 is 24.6 Å². The maximum atomic E-state index is 11.1. The first kappa shape index (κ1) is 22.9. The van der Waals surface area contributed by atoms with Crippen LogP contribution in [0.1, 0.15) is 31.1 Å². The minimum Gasteiger partial charge on any atom is -0.478 e. The van der Waals surface area contributed by atoms with Crippen LogP contribution in [0, 0.1) is 0 Å². The minimum atomic E-state index is -1.04. The van der Waals surface area contributed by atoms with E-state index in [2.05, 4.69) is 30.9 Å². The van der Waals surface area contributed by atoms with E-state index in [9.17, 15) is 14.4 Å². The summed E-state index contributed by atoms with van der Waals surface area (Å²) >= 11 is 0. The van der Waals surface area contributed by atoms with E-state index in [1.807, 2.05) is 0 Å². The molecule has 1 heterocycles. The van der Waals surface area contributed by atoms with Gasteiger partial charge in [0.25, 0.3) is 0 Å². The van der Waals surface area contributed by atoms with Gasteiger partial charge in [-0.3, -0.25) is 4.79 Å². The fraction of sp³-hybridized carbons (Fsp3) is 0. The van der Waals surface area contributed by atoms with E-state index in [0.29, 0.717) is 22.6 Å². The van der Waals surface area contributed by atoms with Crippen molar-refractivity contribution in [3.63, 3.8) is 0 Å². The number of aromatic nitrogens is 3. The van der Waals surface area contributed by atoms with Crippen LogP contribution >= 0.6 is 0 Å². The summed E-state index contributed by atoms with van der Waals surface area (Å²) in [6, 6.07) is 18.8. The molecule has 0 amide bonds. The molecule has 0 aliphatic heterocycles. The van der Waals surface area contributed by atoms with E-state index in [0.717, 1.165) is 6.29 Å². The van der Waals surface area contributed by atoms with Crippen LogP contribution in [-0.4, -0.2) is 43.4 Å². The van der Waals surface area contributed by atoms with Gasteiger partial charge in [-0.25, -0.2) is 9.59 Å². The van der Waals surface area contributed by atoms with Crippen molar-refractivity contribution >= 4 is 53.1 Å². The van der Waals surface area contributed by atoms with Gasteiger partial charge in [-0.2, -0.15) is 15.0 Å². The van der Waals surface area contributed by atoms with Gasteiger partial charge < -0.3 is 26.2 Å². The molecule has 0 atom stereocenters. The summed E-state index contributed by atoms with van der Waals surface area (Å²) in [5.41, 5.74) is 2.54. The predicted molar refractivity (Wildman–Crippen MR) is 128 cm³/mol. The van der Waals surface area contributed by atoms with E-state index in [1.165, 1.54) is 24.3 Å². The van der Waals surface area contributed by atoms with Crippen molar-refractivity contribution in [2.75, 3.05) is 16.0 Å². The molecule has 1 aromatic heterocycles. The van der Waals surface area contributed by atoms with Crippen LogP contribution < -0.4 is 16.0 Å². The average Bonchev–Trinajstić information content (AvgIpc) is 2.85. The number of benzene rings is 3. The molecule has 5 N–H and O–H groups in total. The van der Waals surface area contributed by atoms with Gasteiger partial charge >= 0.3 is 11.9 Å². The van der Waals surface area contributed by atoms with Crippen molar-refractivity contribution in [3.8, 4) is 0 Å². The highest BCUT2D eigenvalue weighted by molar-refractivity contribution is 5.88. The summed E-state index contributed by atoms with van der Waals surface area (Å²) in [4.78, 5) is 46.1. The number of hydrogen-bond acceptors (Lipinski definition) is 9. The molecule has 0 unspecified atom stereocenters. The molecular formula is C24H18N6O5. The smallest absolute Gasteiger partial charge is 0.335 e. The summed E-state index contributed by atoms with van der Waals surface area (Å²) in [7, 11) is 0. The zero-order valence-corrected chi connectivity index (χ0v) is 18.0. The third-order valence-electron chi connectivity index (χ3n) is 4.71. The number of aromatic carboxylic acids is 2. The Hall–Kier alpha value is -5.32. The molecular weight excluding hydrogens is 452 g/mol. The number of nitrogens with one attached hydrogen (secondary N) is 3. The number of nitrogens with zero attached hydrogens (tertiary/aromatic N) is 3. The molecule has 0 spiro atoms. The van der Waals surface area contributed by atoms with Gasteiger partial charge in [-0.1, -0.05) is 0 Å². The molecule has 0 bridgehead atoms. The Morgan fingerprint density at radius 3 is 1.17 bits per heavy atom. The molecule has 11 nitrogen and oxygen atoms in total. The van der Waals surface area contributed by atoms with Crippen molar-refractivity contribution in [2.24, 2.45) is 0 Å². The Labute approximate surface area is 198 Å². The third-order valence-corrected chi connectivity index (χ3v) is 4.71. The topological polar surface area (TPSA) is 166 Å². The van der Waals surface area contributed by atoms with Gasteiger partial charge in [0, 0.05) is 22.6 Å². The summed E-state index contributed by atoms with van der Waals surface area (Å²) in [6.45, 7) is 0. The van der Waals surface area contributed by atoms with Crippen LogP contribution in [0.5, 0.6) is 0 Å². The largest absolute Gasteiger partial charge is 0.478 e. The number of hydrogen-bond donors (Lipinski definition) is 5. The van der Waals surface area contributed by atoms with Crippen molar-refractivity contribution in [1.82, 2.24) is 15.0 Å². The Morgan fingerprint density at radius 1 is 0.571 bits per heavy atom. The van der Waals surface area contributed by atoms with Gasteiger partial charge in [-0.15, -0.1) is 0 Å². The zero-order chi connectivity index (χ0) is 24.8. The zero-order valence-electron chi connectivity index (χ0n) is 18.0. The maximum Gasteiger partial charge on any atom is 0.335 e. The molecule has 174 valence electrons. The van der Waals surface area contributed by atoms with Crippen LogP contribution in [0.4, 0.5) is 34.9 Å². The van der Waals surface area contributed by atoms with Crippen LogP contribution in [0.2, 0.25) is 0 Å². The quantitative estimate of drug-likeness (QED) is 0.221. The lowest BCUT2D eigenvalue weighted by molar-refractivity contribution is 0.0686. The summed E-state index contributed by atoms with van der Waals surface area (Å²) < 4.78 is 0. The van der Waals surface area contributed by atoms with Gasteiger partial charge in [0.15, 0.2) is 0 Å². The molecule has 35 heavy (non-hydrogen) atoms. The van der Waals surface area contributed by atoms with Gasteiger partial charge in [0.1, 0.15) is 6.29 Å². The van der Waals surface area contributed by atoms with Crippen LogP contribution in [0.15, 0.2) is 72.8 Å². The first-order valence-electron chi connectivity index (χ1n) is 10.2. The number of carbonyl (C=O) groups excluding carboxylic acids is 1. The Kier molecular flexibility index (Phi) is 6.59. The molecule has 4 aromatic rings. The number of carboxylic acid groups (broad SMARTS) is 2. The van der Waals surface area contributed by atoms with Crippen molar-refractivity contribution in [3.05, 3.63) is 89.5 Å². The lowest BCUT2D eigenvalue weighted by Crippen LogP contribution is -2.07. The average molecular weight is 470 g/mol. The second-order valence-electron chi connectivity index (χ2n) is 7.19. The molecule has 11 heteroatoms. The predicted octanol–water partition coefficient (Wildman–Crippen LogP) is 4.31. The lowest BCUT2D eigenvalue weighted by Gasteiger charge is -2.12. The molecule has 0 aliphatic carbocycles. The second kappa shape index (κ2) is 10.1. The molecule has 0 saturated carbocycles. The van der Waals surface area contributed by atoms with Gasteiger partial charge in [0.05, 0.1) is 11.1 Å². The van der Waals surface area contributed by atoms with E-state index in [1.54, 1.807) is 48.5 Å². The highest BCUT2D eigenvalue weighted by Crippen LogP contribution is 2.22. The first-order valence-corrected chi connectivity index (χ1v) is 10.2.